The maximum absolute atomic E-state index is 8.77. The molecule has 0 aromatic carbocycles. The first-order chi connectivity index (χ1) is 8.04. The van der Waals surface area contributed by atoms with Gasteiger partial charge in [0.05, 0.1) is 5.69 Å². The lowest BCUT2D eigenvalue weighted by atomic mass is 10.2. The van der Waals surface area contributed by atoms with E-state index in [2.05, 4.69) is 24.1 Å². The van der Waals surface area contributed by atoms with E-state index in [1.165, 1.54) is 4.88 Å². The lowest BCUT2D eigenvalue weighted by Crippen LogP contribution is -2.25. The highest BCUT2D eigenvalue weighted by molar-refractivity contribution is 7.15. The minimum absolute atomic E-state index is 0.274. The second-order valence-electron chi connectivity index (χ2n) is 4.55. The molecule has 98 valence electrons. The molecular formula is C12H23N3OS. The molecule has 4 nitrogen and oxygen atoms in total. The minimum atomic E-state index is 0.274. The van der Waals surface area contributed by atoms with E-state index in [1.54, 1.807) is 11.3 Å². The SMILES string of the molecule is Cc1nc(N(C)C)sc1CNC(C)CCCO. The average molecular weight is 257 g/mol. The number of nitrogens with one attached hydrogen (secondary N) is 1. The summed E-state index contributed by atoms with van der Waals surface area (Å²) in [6.45, 7) is 5.35. The zero-order chi connectivity index (χ0) is 12.8. The molecule has 1 aromatic rings. The molecular weight excluding hydrogens is 234 g/mol. The summed E-state index contributed by atoms with van der Waals surface area (Å²) < 4.78 is 0. The standard InChI is InChI=1S/C12H23N3OS/c1-9(6-5-7-16)13-8-11-10(2)14-12(17-11)15(3)4/h9,13,16H,5-8H2,1-4H3. The summed E-state index contributed by atoms with van der Waals surface area (Å²) in [5, 5.41) is 13.3. The minimum Gasteiger partial charge on any atom is -0.396 e. The van der Waals surface area contributed by atoms with E-state index < -0.39 is 0 Å². The van der Waals surface area contributed by atoms with E-state index in [-0.39, 0.29) is 6.61 Å². The summed E-state index contributed by atoms with van der Waals surface area (Å²) >= 11 is 1.74. The van der Waals surface area contributed by atoms with Gasteiger partial charge in [0.15, 0.2) is 5.13 Å². The van der Waals surface area contributed by atoms with Gasteiger partial charge in [-0.1, -0.05) is 0 Å². The molecule has 0 aliphatic rings. The summed E-state index contributed by atoms with van der Waals surface area (Å²) in [6.07, 6.45) is 1.87. The van der Waals surface area contributed by atoms with Crippen molar-refractivity contribution in [2.24, 2.45) is 0 Å². The Labute approximate surface area is 108 Å². The van der Waals surface area contributed by atoms with Crippen LogP contribution < -0.4 is 10.2 Å². The average Bonchev–Trinajstić information content (AvgIpc) is 2.65. The first kappa shape index (κ1) is 14.4. The van der Waals surface area contributed by atoms with Crippen LogP contribution in [0.1, 0.15) is 30.3 Å². The number of hydrogen-bond donors (Lipinski definition) is 2. The fraction of sp³-hybridized carbons (Fsp3) is 0.750. The molecule has 1 aromatic heterocycles. The Kier molecular flexibility index (Phi) is 5.88. The third kappa shape index (κ3) is 4.61. The molecule has 2 N–H and O–H groups in total. The van der Waals surface area contributed by atoms with Gasteiger partial charge in [-0.25, -0.2) is 4.98 Å². The van der Waals surface area contributed by atoms with Gasteiger partial charge in [0.25, 0.3) is 0 Å². The Morgan fingerprint density at radius 1 is 1.47 bits per heavy atom. The van der Waals surface area contributed by atoms with Gasteiger partial charge in [-0.15, -0.1) is 11.3 Å². The van der Waals surface area contributed by atoms with Gasteiger partial charge in [0.2, 0.25) is 0 Å². The van der Waals surface area contributed by atoms with Crippen molar-refractivity contribution in [3.63, 3.8) is 0 Å². The number of rotatable bonds is 7. The van der Waals surface area contributed by atoms with E-state index in [1.807, 2.05) is 19.0 Å². The van der Waals surface area contributed by atoms with Crippen LogP contribution >= 0.6 is 11.3 Å². The van der Waals surface area contributed by atoms with Gasteiger partial charge >= 0.3 is 0 Å². The van der Waals surface area contributed by atoms with Crippen molar-refractivity contribution in [2.45, 2.75) is 39.3 Å². The normalized spacial score (nSPS) is 12.8. The fourth-order valence-electron chi connectivity index (χ4n) is 1.53. The molecule has 0 spiro atoms. The molecule has 0 aliphatic carbocycles. The molecule has 0 amide bonds. The third-order valence-corrected chi connectivity index (χ3v) is 4.00. The van der Waals surface area contributed by atoms with Gasteiger partial charge in [-0.05, 0) is 26.7 Å². The van der Waals surface area contributed by atoms with Crippen LogP contribution in [0.15, 0.2) is 0 Å². The maximum atomic E-state index is 8.77. The van der Waals surface area contributed by atoms with E-state index in [9.17, 15) is 0 Å². The fourth-order valence-corrected chi connectivity index (χ4v) is 2.47. The van der Waals surface area contributed by atoms with Crippen LogP contribution in [0.3, 0.4) is 0 Å². The Bertz CT molecular complexity index is 338. The van der Waals surface area contributed by atoms with Gasteiger partial charge in [0, 0.05) is 38.2 Å². The van der Waals surface area contributed by atoms with E-state index in [0.29, 0.717) is 6.04 Å². The molecule has 1 rings (SSSR count). The van der Waals surface area contributed by atoms with Crippen molar-refractivity contribution in [3.05, 3.63) is 10.6 Å². The van der Waals surface area contributed by atoms with Crippen LogP contribution in [0.25, 0.3) is 0 Å². The number of aryl methyl sites for hydroxylation is 1. The Balaban J connectivity index is 2.46. The zero-order valence-corrected chi connectivity index (χ0v) is 12.0. The molecule has 1 heterocycles. The van der Waals surface area contributed by atoms with Gasteiger partial charge in [-0.3, -0.25) is 0 Å². The molecule has 0 saturated heterocycles. The summed E-state index contributed by atoms with van der Waals surface area (Å²) in [7, 11) is 4.03. The predicted octanol–water partition coefficient (Wildman–Crippen LogP) is 1.77. The smallest absolute Gasteiger partial charge is 0.185 e. The van der Waals surface area contributed by atoms with Crippen molar-refractivity contribution < 1.29 is 5.11 Å². The lowest BCUT2D eigenvalue weighted by molar-refractivity contribution is 0.276. The van der Waals surface area contributed by atoms with Gasteiger partial charge < -0.3 is 15.3 Å². The number of aromatic nitrogens is 1. The summed E-state index contributed by atoms with van der Waals surface area (Å²) in [5.41, 5.74) is 1.11. The Hall–Kier alpha value is -0.650. The van der Waals surface area contributed by atoms with E-state index in [4.69, 9.17) is 5.11 Å². The summed E-state index contributed by atoms with van der Waals surface area (Å²) in [5.74, 6) is 0. The Morgan fingerprint density at radius 3 is 2.71 bits per heavy atom. The number of nitrogens with zero attached hydrogens (tertiary/aromatic N) is 2. The third-order valence-electron chi connectivity index (χ3n) is 2.67. The quantitative estimate of drug-likeness (QED) is 0.781. The number of aliphatic hydroxyl groups excluding tert-OH is 1. The predicted molar refractivity (Wildman–Crippen MR) is 73.8 cm³/mol. The molecule has 0 fully saturated rings. The van der Waals surface area contributed by atoms with Crippen molar-refractivity contribution in [1.82, 2.24) is 10.3 Å². The summed E-state index contributed by atoms with van der Waals surface area (Å²) in [4.78, 5) is 7.85. The summed E-state index contributed by atoms with van der Waals surface area (Å²) in [6, 6.07) is 0.437. The van der Waals surface area contributed by atoms with E-state index >= 15 is 0 Å². The molecule has 0 radical (unpaired) electrons. The zero-order valence-electron chi connectivity index (χ0n) is 11.2. The highest BCUT2D eigenvalue weighted by atomic mass is 32.1. The topological polar surface area (TPSA) is 48.4 Å². The van der Waals surface area contributed by atoms with E-state index in [0.717, 1.165) is 30.2 Å². The van der Waals surface area contributed by atoms with Crippen LogP contribution in [0.5, 0.6) is 0 Å². The largest absolute Gasteiger partial charge is 0.396 e. The second kappa shape index (κ2) is 6.93. The highest BCUT2D eigenvalue weighted by Gasteiger charge is 2.09. The Morgan fingerprint density at radius 2 is 2.18 bits per heavy atom. The number of anilines is 1. The second-order valence-corrected chi connectivity index (χ2v) is 5.61. The van der Waals surface area contributed by atoms with Crippen molar-refractivity contribution >= 4 is 16.5 Å². The molecule has 0 saturated carbocycles. The molecule has 0 aliphatic heterocycles. The van der Waals surface area contributed by atoms with Crippen molar-refractivity contribution in [3.8, 4) is 0 Å². The monoisotopic (exact) mass is 257 g/mol. The molecule has 0 bridgehead atoms. The number of hydrogen-bond acceptors (Lipinski definition) is 5. The van der Waals surface area contributed by atoms with Crippen molar-refractivity contribution in [1.29, 1.82) is 0 Å². The first-order valence-electron chi connectivity index (χ1n) is 6.02. The molecule has 1 atom stereocenters. The van der Waals surface area contributed by atoms with Crippen LogP contribution in [-0.4, -0.2) is 36.8 Å². The molecule has 17 heavy (non-hydrogen) atoms. The van der Waals surface area contributed by atoms with Crippen molar-refractivity contribution in [2.75, 3.05) is 25.6 Å². The number of thiazole rings is 1. The lowest BCUT2D eigenvalue weighted by Gasteiger charge is -2.12. The number of aliphatic hydroxyl groups is 1. The van der Waals surface area contributed by atoms with Crippen LogP contribution in [0, 0.1) is 6.92 Å². The maximum Gasteiger partial charge on any atom is 0.185 e. The van der Waals surface area contributed by atoms with Crippen LogP contribution in [0.4, 0.5) is 5.13 Å². The highest BCUT2D eigenvalue weighted by Crippen LogP contribution is 2.24. The van der Waals surface area contributed by atoms with Gasteiger partial charge in [-0.2, -0.15) is 0 Å². The first-order valence-corrected chi connectivity index (χ1v) is 6.84. The van der Waals surface area contributed by atoms with Crippen LogP contribution in [0.2, 0.25) is 0 Å². The van der Waals surface area contributed by atoms with Crippen LogP contribution in [-0.2, 0) is 6.54 Å². The molecule has 1 unspecified atom stereocenters. The molecule has 5 heteroatoms. The van der Waals surface area contributed by atoms with Gasteiger partial charge in [0.1, 0.15) is 0 Å².